The van der Waals surface area contributed by atoms with Crippen LogP contribution in [0, 0.1) is 20.2 Å². The highest BCUT2D eigenvalue weighted by Gasteiger charge is 2.21. The zero-order valence-corrected chi connectivity index (χ0v) is 17.4. The quantitative estimate of drug-likeness (QED) is 0.340. The highest BCUT2D eigenvalue weighted by atomic mass is 35.5. The molecule has 0 saturated carbocycles. The molecule has 2 aromatic rings. The molecule has 0 radical (unpaired) electrons. The maximum absolute atomic E-state index is 12.1. The molecule has 0 aliphatic rings. The second kappa shape index (κ2) is 10.5. The maximum Gasteiger partial charge on any atom is 0.279 e. The van der Waals surface area contributed by atoms with Crippen molar-refractivity contribution in [3.8, 4) is 0 Å². The van der Waals surface area contributed by atoms with Gasteiger partial charge in [-0.1, -0.05) is 23.2 Å². The monoisotopic (exact) mass is 467 g/mol. The molecule has 0 fully saturated rings. The predicted molar refractivity (Wildman–Crippen MR) is 114 cm³/mol. The minimum atomic E-state index is -0.810. The molecule has 0 heterocycles. The summed E-state index contributed by atoms with van der Waals surface area (Å²) in [5, 5.41) is 28.9. The molecule has 31 heavy (non-hydrogen) atoms. The van der Waals surface area contributed by atoms with Gasteiger partial charge in [0.15, 0.2) is 0 Å². The van der Waals surface area contributed by atoms with Crippen molar-refractivity contribution < 1.29 is 19.4 Å². The number of nitrogens with zero attached hydrogens (tertiary/aromatic N) is 3. The number of hydrogen-bond donors (Lipinski definition) is 2. The normalized spacial score (nSPS) is 11.0. The highest BCUT2D eigenvalue weighted by Crippen LogP contribution is 2.26. The number of nitro benzene ring substituents is 2. The largest absolute Gasteiger partial charge is 0.324 e. The van der Waals surface area contributed by atoms with E-state index in [1.807, 2.05) is 0 Å². The second-order valence-corrected chi connectivity index (χ2v) is 7.08. The molecule has 2 rings (SSSR count). The SMILES string of the molecule is C/C(CC(=O)Nc1cc(Cl)ccc1Cl)=N\NC(=O)Cc1ccc([N+](=O)[O-])cc1[N+](=O)[O-]. The first kappa shape index (κ1) is 23.7. The van der Waals surface area contributed by atoms with Gasteiger partial charge >= 0.3 is 0 Å². The van der Waals surface area contributed by atoms with Gasteiger partial charge in [-0.2, -0.15) is 5.10 Å². The van der Waals surface area contributed by atoms with Crippen molar-refractivity contribution >= 4 is 57.8 Å². The van der Waals surface area contributed by atoms with Crippen LogP contribution in [-0.2, 0) is 16.0 Å². The molecule has 162 valence electrons. The Labute approximate surface area is 185 Å². The van der Waals surface area contributed by atoms with Crippen LogP contribution in [-0.4, -0.2) is 27.4 Å². The van der Waals surface area contributed by atoms with E-state index in [0.717, 1.165) is 18.2 Å². The molecule has 2 amide bonds. The van der Waals surface area contributed by atoms with Gasteiger partial charge in [0.1, 0.15) is 0 Å². The summed E-state index contributed by atoms with van der Waals surface area (Å²) in [7, 11) is 0. The van der Waals surface area contributed by atoms with E-state index >= 15 is 0 Å². The molecule has 0 saturated heterocycles. The average Bonchev–Trinajstić information content (AvgIpc) is 2.69. The van der Waals surface area contributed by atoms with Gasteiger partial charge in [0.2, 0.25) is 11.8 Å². The summed E-state index contributed by atoms with van der Waals surface area (Å²) in [5.74, 6) is -1.15. The Hall–Kier alpha value is -3.57. The van der Waals surface area contributed by atoms with E-state index in [9.17, 15) is 29.8 Å². The Morgan fingerprint density at radius 2 is 1.74 bits per heavy atom. The number of nitro groups is 2. The van der Waals surface area contributed by atoms with E-state index in [2.05, 4.69) is 15.8 Å². The van der Waals surface area contributed by atoms with Crippen LogP contribution in [0.25, 0.3) is 0 Å². The zero-order chi connectivity index (χ0) is 23.1. The van der Waals surface area contributed by atoms with Gasteiger partial charge in [0.25, 0.3) is 11.4 Å². The van der Waals surface area contributed by atoms with E-state index in [4.69, 9.17) is 23.2 Å². The first-order valence-electron chi connectivity index (χ1n) is 8.55. The topological polar surface area (TPSA) is 157 Å². The molecule has 0 aliphatic heterocycles. The summed E-state index contributed by atoms with van der Waals surface area (Å²) in [6, 6.07) is 7.55. The third-order valence-electron chi connectivity index (χ3n) is 3.82. The van der Waals surface area contributed by atoms with Gasteiger partial charge in [0.05, 0.1) is 39.5 Å². The summed E-state index contributed by atoms with van der Waals surface area (Å²) >= 11 is 11.8. The van der Waals surface area contributed by atoms with Crippen molar-refractivity contribution in [2.45, 2.75) is 19.8 Å². The van der Waals surface area contributed by atoms with Crippen molar-refractivity contribution in [3.63, 3.8) is 0 Å². The molecule has 0 bridgehead atoms. The molecule has 2 N–H and O–H groups in total. The van der Waals surface area contributed by atoms with Gasteiger partial charge in [-0.05, 0) is 31.2 Å². The van der Waals surface area contributed by atoms with Crippen molar-refractivity contribution in [1.29, 1.82) is 0 Å². The van der Waals surface area contributed by atoms with E-state index in [1.54, 1.807) is 6.07 Å². The van der Waals surface area contributed by atoms with Gasteiger partial charge in [-0.15, -0.1) is 0 Å². The predicted octanol–water partition coefficient (Wildman–Crippen LogP) is 3.87. The van der Waals surface area contributed by atoms with Crippen LogP contribution >= 0.6 is 23.2 Å². The molecule has 0 atom stereocenters. The summed E-state index contributed by atoms with van der Waals surface area (Å²) in [6.07, 6.45) is -0.601. The molecule has 0 aliphatic carbocycles. The maximum atomic E-state index is 12.1. The number of carbonyl (C=O) groups excluding carboxylic acids is 2. The van der Waals surface area contributed by atoms with Crippen molar-refractivity contribution in [3.05, 3.63) is 72.2 Å². The van der Waals surface area contributed by atoms with E-state index < -0.39 is 39.5 Å². The lowest BCUT2D eigenvalue weighted by Crippen LogP contribution is -2.23. The Bertz CT molecular complexity index is 1090. The van der Waals surface area contributed by atoms with Crippen LogP contribution in [0.4, 0.5) is 17.1 Å². The fourth-order valence-corrected chi connectivity index (χ4v) is 2.75. The number of benzene rings is 2. The fraction of sp³-hybridized carbons (Fsp3) is 0.167. The van der Waals surface area contributed by atoms with E-state index in [0.29, 0.717) is 15.7 Å². The molecule has 0 unspecified atom stereocenters. The first-order valence-corrected chi connectivity index (χ1v) is 9.31. The smallest absolute Gasteiger partial charge is 0.279 e. The van der Waals surface area contributed by atoms with Crippen LogP contribution in [0.3, 0.4) is 0 Å². The third kappa shape index (κ3) is 7.01. The molecular weight excluding hydrogens is 453 g/mol. The van der Waals surface area contributed by atoms with Gasteiger partial charge in [0, 0.05) is 22.4 Å². The van der Waals surface area contributed by atoms with Gasteiger partial charge in [-0.25, -0.2) is 5.43 Å². The first-order chi connectivity index (χ1) is 14.6. The summed E-state index contributed by atoms with van der Waals surface area (Å²) in [4.78, 5) is 44.5. The standard InChI is InChI=1S/C18H15Cl2N5O6/c1-10(6-17(26)21-15-8-12(19)3-5-14(15)20)22-23-18(27)7-11-2-4-13(24(28)29)9-16(11)25(30)31/h2-5,8-9H,6-7H2,1H3,(H,21,26)(H,23,27)/b22-10+. The lowest BCUT2D eigenvalue weighted by Gasteiger charge is -2.08. The fourth-order valence-electron chi connectivity index (χ4n) is 2.42. The zero-order valence-electron chi connectivity index (χ0n) is 15.9. The number of hydrogen-bond acceptors (Lipinski definition) is 7. The lowest BCUT2D eigenvalue weighted by atomic mass is 10.1. The Morgan fingerprint density at radius 3 is 2.39 bits per heavy atom. The number of halogens is 2. The molecule has 13 heteroatoms. The van der Waals surface area contributed by atoms with Crippen molar-refractivity contribution in [2.75, 3.05) is 5.32 Å². The highest BCUT2D eigenvalue weighted by molar-refractivity contribution is 6.35. The Balaban J connectivity index is 1.98. The number of anilines is 1. The second-order valence-electron chi connectivity index (χ2n) is 6.24. The Morgan fingerprint density at radius 1 is 1.03 bits per heavy atom. The minimum absolute atomic E-state index is 0.0192. The number of hydrazone groups is 1. The summed E-state index contributed by atoms with van der Waals surface area (Å²) in [6.45, 7) is 1.49. The van der Waals surface area contributed by atoms with Gasteiger partial charge < -0.3 is 5.32 Å². The number of nitrogens with one attached hydrogen (secondary N) is 2. The molecule has 0 spiro atoms. The summed E-state index contributed by atoms with van der Waals surface area (Å²) < 4.78 is 0. The van der Waals surface area contributed by atoms with E-state index in [1.165, 1.54) is 19.1 Å². The van der Waals surface area contributed by atoms with Crippen LogP contribution < -0.4 is 10.7 Å². The summed E-state index contributed by atoms with van der Waals surface area (Å²) in [5.41, 5.74) is 1.73. The molecule has 2 aromatic carbocycles. The molecule has 0 aromatic heterocycles. The van der Waals surface area contributed by atoms with Crippen LogP contribution in [0.2, 0.25) is 10.0 Å². The van der Waals surface area contributed by atoms with Crippen LogP contribution in [0.15, 0.2) is 41.5 Å². The molecular formula is C18H15Cl2N5O6. The average molecular weight is 468 g/mol. The molecule has 11 nitrogen and oxygen atoms in total. The van der Waals surface area contributed by atoms with Gasteiger partial charge in [-0.3, -0.25) is 29.8 Å². The minimum Gasteiger partial charge on any atom is -0.324 e. The van der Waals surface area contributed by atoms with E-state index in [-0.39, 0.29) is 17.7 Å². The Kier molecular flexibility index (Phi) is 8.00. The number of amides is 2. The number of non-ortho nitro benzene ring substituents is 1. The lowest BCUT2D eigenvalue weighted by molar-refractivity contribution is -0.394. The third-order valence-corrected chi connectivity index (χ3v) is 4.38. The van der Waals surface area contributed by atoms with Crippen LogP contribution in [0.5, 0.6) is 0 Å². The number of rotatable bonds is 8. The van der Waals surface area contributed by atoms with Crippen molar-refractivity contribution in [2.24, 2.45) is 5.10 Å². The van der Waals surface area contributed by atoms with Crippen molar-refractivity contribution in [1.82, 2.24) is 5.43 Å². The number of carbonyl (C=O) groups is 2. The van der Waals surface area contributed by atoms with Crippen LogP contribution in [0.1, 0.15) is 18.9 Å².